The van der Waals surface area contributed by atoms with Crippen LogP contribution in [0.1, 0.15) is 50.0 Å². The van der Waals surface area contributed by atoms with E-state index in [9.17, 15) is 8.42 Å². The fourth-order valence-electron chi connectivity index (χ4n) is 2.33. The molecule has 1 atom stereocenters. The Morgan fingerprint density at radius 1 is 1.47 bits per heavy atom. The smallest absolute Gasteiger partial charge is 0.195 e. The van der Waals surface area contributed by atoms with E-state index in [2.05, 4.69) is 24.1 Å². The highest BCUT2D eigenvalue weighted by Crippen LogP contribution is 2.33. The third-order valence-corrected chi connectivity index (χ3v) is 5.55. The average molecular weight is 286 g/mol. The SMILES string of the molecule is CC(C)NCCc1ncc(C2CCCCS2(=O)=O)o1. The number of rotatable bonds is 5. The zero-order valence-corrected chi connectivity index (χ0v) is 12.4. The van der Waals surface area contributed by atoms with Gasteiger partial charge in [-0.3, -0.25) is 0 Å². The molecule has 2 rings (SSSR count). The summed E-state index contributed by atoms with van der Waals surface area (Å²) in [5.74, 6) is 1.39. The summed E-state index contributed by atoms with van der Waals surface area (Å²) >= 11 is 0. The molecule has 5 nitrogen and oxygen atoms in total. The van der Waals surface area contributed by atoms with Gasteiger partial charge in [-0.2, -0.15) is 0 Å². The first-order valence-electron chi connectivity index (χ1n) is 6.88. The Bertz CT molecular complexity index is 508. The van der Waals surface area contributed by atoms with Crippen molar-refractivity contribution in [1.82, 2.24) is 10.3 Å². The zero-order valence-electron chi connectivity index (χ0n) is 11.6. The third kappa shape index (κ3) is 3.79. The number of aromatic nitrogens is 1. The van der Waals surface area contributed by atoms with Crippen LogP contribution in [0.4, 0.5) is 0 Å². The average Bonchev–Trinajstić information content (AvgIpc) is 2.76. The third-order valence-electron chi connectivity index (χ3n) is 3.36. The molecule has 1 fully saturated rings. The van der Waals surface area contributed by atoms with Gasteiger partial charge < -0.3 is 9.73 Å². The van der Waals surface area contributed by atoms with Gasteiger partial charge in [-0.25, -0.2) is 13.4 Å². The number of oxazole rings is 1. The second-order valence-electron chi connectivity index (χ2n) is 5.37. The summed E-state index contributed by atoms with van der Waals surface area (Å²) in [6, 6.07) is 0.424. The first-order chi connectivity index (χ1) is 8.99. The van der Waals surface area contributed by atoms with Gasteiger partial charge in [-0.1, -0.05) is 20.3 Å². The van der Waals surface area contributed by atoms with Gasteiger partial charge in [0.2, 0.25) is 0 Å². The lowest BCUT2D eigenvalue weighted by atomic mass is 10.1. The van der Waals surface area contributed by atoms with E-state index < -0.39 is 15.1 Å². The fourth-order valence-corrected chi connectivity index (χ4v) is 4.21. The van der Waals surface area contributed by atoms with Crippen molar-refractivity contribution < 1.29 is 12.8 Å². The van der Waals surface area contributed by atoms with E-state index in [1.54, 1.807) is 6.20 Å². The lowest BCUT2D eigenvalue weighted by Crippen LogP contribution is -2.25. The summed E-state index contributed by atoms with van der Waals surface area (Å²) < 4.78 is 29.6. The van der Waals surface area contributed by atoms with Crippen LogP contribution in [0.15, 0.2) is 10.6 Å². The molecule has 1 aliphatic heterocycles. The summed E-state index contributed by atoms with van der Waals surface area (Å²) in [7, 11) is -3.05. The second kappa shape index (κ2) is 6.05. The maximum Gasteiger partial charge on any atom is 0.195 e. The molecule has 1 aromatic heterocycles. The highest BCUT2D eigenvalue weighted by Gasteiger charge is 2.33. The largest absolute Gasteiger partial charge is 0.444 e. The van der Waals surface area contributed by atoms with Crippen LogP contribution >= 0.6 is 0 Å². The fraction of sp³-hybridized carbons (Fsp3) is 0.769. The van der Waals surface area contributed by atoms with Gasteiger partial charge >= 0.3 is 0 Å². The van der Waals surface area contributed by atoms with Gasteiger partial charge in [-0.15, -0.1) is 0 Å². The van der Waals surface area contributed by atoms with Crippen LogP contribution < -0.4 is 5.32 Å². The molecule has 0 bridgehead atoms. The van der Waals surface area contributed by atoms with Crippen molar-refractivity contribution in [3.8, 4) is 0 Å². The topological polar surface area (TPSA) is 72.2 Å². The van der Waals surface area contributed by atoms with E-state index in [4.69, 9.17) is 4.42 Å². The molecule has 0 aromatic carbocycles. The Labute approximate surface area is 114 Å². The molecule has 19 heavy (non-hydrogen) atoms. The van der Waals surface area contributed by atoms with Crippen molar-refractivity contribution >= 4 is 9.84 Å². The van der Waals surface area contributed by atoms with Crippen LogP contribution in [-0.4, -0.2) is 31.7 Å². The van der Waals surface area contributed by atoms with Gasteiger partial charge in [0.15, 0.2) is 15.7 Å². The molecule has 6 heteroatoms. The monoisotopic (exact) mass is 286 g/mol. The molecule has 2 heterocycles. The zero-order chi connectivity index (χ0) is 13.9. The first-order valence-corrected chi connectivity index (χ1v) is 8.60. The molecule has 1 N–H and O–H groups in total. The number of nitrogens with one attached hydrogen (secondary N) is 1. The molecule has 108 valence electrons. The Morgan fingerprint density at radius 3 is 2.95 bits per heavy atom. The van der Waals surface area contributed by atoms with E-state index in [-0.39, 0.29) is 5.75 Å². The molecular formula is C13H22N2O3S. The van der Waals surface area contributed by atoms with E-state index >= 15 is 0 Å². The molecule has 1 unspecified atom stereocenters. The quantitative estimate of drug-likeness (QED) is 0.894. The van der Waals surface area contributed by atoms with Gasteiger partial charge in [0.1, 0.15) is 11.0 Å². The van der Waals surface area contributed by atoms with Crippen molar-refractivity contribution in [2.45, 2.75) is 50.8 Å². The van der Waals surface area contributed by atoms with Crippen molar-refractivity contribution in [2.75, 3.05) is 12.3 Å². The highest BCUT2D eigenvalue weighted by molar-refractivity contribution is 7.91. The van der Waals surface area contributed by atoms with Crippen LogP contribution in [0.2, 0.25) is 0 Å². The van der Waals surface area contributed by atoms with Gasteiger partial charge in [0.25, 0.3) is 0 Å². The van der Waals surface area contributed by atoms with Crippen LogP contribution in [0.5, 0.6) is 0 Å². The van der Waals surface area contributed by atoms with Crippen LogP contribution in [0.3, 0.4) is 0 Å². The van der Waals surface area contributed by atoms with Crippen LogP contribution in [0.25, 0.3) is 0 Å². The number of hydrogen-bond donors (Lipinski definition) is 1. The van der Waals surface area contributed by atoms with E-state index in [1.165, 1.54) is 0 Å². The summed E-state index contributed by atoms with van der Waals surface area (Å²) in [5, 5.41) is 2.80. The normalized spacial score (nSPS) is 22.8. The summed E-state index contributed by atoms with van der Waals surface area (Å²) in [4.78, 5) is 4.18. The van der Waals surface area contributed by atoms with Crippen molar-refractivity contribution in [3.63, 3.8) is 0 Å². The minimum Gasteiger partial charge on any atom is -0.444 e. The number of sulfone groups is 1. The van der Waals surface area contributed by atoms with Crippen LogP contribution in [-0.2, 0) is 16.3 Å². The summed E-state index contributed by atoms with van der Waals surface area (Å²) in [6.07, 6.45) is 4.62. The second-order valence-corrected chi connectivity index (χ2v) is 7.67. The van der Waals surface area contributed by atoms with E-state index in [0.717, 1.165) is 19.4 Å². The molecule has 0 amide bonds. The Hall–Kier alpha value is -0.880. The highest BCUT2D eigenvalue weighted by atomic mass is 32.2. The lowest BCUT2D eigenvalue weighted by Gasteiger charge is -2.19. The van der Waals surface area contributed by atoms with Crippen LogP contribution in [0, 0.1) is 0 Å². The van der Waals surface area contributed by atoms with Crippen molar-refractivity contribution in [1.29, 1.82) is 0 Å². The van der Waals surface area contributed by atoms with Crippen molar-refractivity contribution in [2.24, 2.45) is 0 Å². The molecule has 0 aliphatic carbocycles. The van der Waals surface area contributed by atoms with Gasteiger partial charge in [0.05, 0.1) is 11.9 Å². The Kier molecular flexibility index (Phi) is 4.62. The number of hydrogen-bond acceptors (Lipinski definition) is 5. The molecule has 1 aliphatic rings. The van der Waals surface area contributed by atoms with Crippen molar-refractivity contribution in [3.05, 3.63) is 17.8 Å². The predicted octanol–water partition coefficient (Wildman–Crippen LogP) is 1.85. The number of nitrogens with zero attached hydrogens (tertiary/aromatic N) is 1. The molecule has 0 spiro atoms. The first kappa shape index (κ1) is 14.5. The summed E-state index contributed by atoms with van der Waals surface area (Å²) in [6.45, 7) is 4.94. The van der Waals surface area contributed by atoms with Gasteiger partial charge in [0, 0.05) is 19.0 Å². The minimum atomic E-state index is -3.05. The van der Waals surface area contributed by atoms with E-state index in [0.29, 0.717) is 30.5 Å². The maximum absolute atomic E-state index is 12.0. The molecule has 1 saturated heterocycles. The maximum atomic E-state index is 12.0. The molecule has 0 saturated carbocycles. The minimum absolute atomic E-state index is 0.266. The lowest BCUT2D eigenvalue weighted by molar-refractivity contribution is 0.423. The molecule has 0 radical (unpaired) electrons. The Morgan fingerprint density at radius 2 is 2.26 bits per heavy atom. The van der Waals surface area contributed by atoms with E-state index in [1.807, 2.05) is 0 Å². The predicted molar refractivity (Wildman–Crippen MR) is 73.7 cm³/mol. The standard InChI is InChI=1S/C13H22N2O3S/c1-10(2)14-7-6-13-15-9-11(18-13)12-5-3-4-8-19(12,16)17/h9-10,12,14H,3-8H2,1-2H3. The molecule has 1 aromatic rings. The Balaban J connectivity index is 2.00. The summed E-state index contributed by atoms with van der Waals surface area (Å²) in [5.41, 5.74) is 0. The molecular weight excluding hydrogens is 264 g/mol. The van der Waals surface area contributed by atoms with Gasteiger partial charge in [-0.05, 0) is 12.8 Å².